The Labute approximate surface area is 114 Å². The number of carbonyl (C=O) groups excluding carboxylic acids is 1. The Hall–Kier alpha value is -0.520. The van der Waals surface area contributed by atoms with Gasteiger partial charge in [0.25, 0.3) is 0 Å². The summed E-state index contributed by atoms with van der Waals surface area (Å²) in [7, 11) is 3.18. The van der Waals surface area contributed by atoms with Gasteiger partial charge in [0.2, 0.25) is 0 Å². The van der Waals surface area contributed by atoms with E-state index >= 15 is 0 Å². The van der Waals surface area contributed by atoms with E-state index in [4.69, 9.17) is 4.74 Å². The number of carbonyl (C=O) groups is 1. The van der Waals surface area contributed by atoms with E-state index in [1.165, 1.54) is 12.0 Å². The Balaban J connectivity index is 2.36. The molecule has 1 N–H and O–H groups in total. The van der Waals surface area contributed by atoms with E-state index in [1.54, 1.807) is 18.8 Å². The maximum Gasteiger partial charge on any atom is 0.322 e. The minimum atomic E-state index is -0.219. The molecule has 1 rings (SSSR count). The number of halogens is 1. The molecule has 0 heterocycles. The molecule has 17 heavy (non-hydrogen) atoms. The monoisotopic (exact) mass is 317 g/mol. The zero-order valence-electron chi connectivity index (χ0n) is 9.90. The van der Waals surface area contributed by atoms with Crippen LogP contribution in [0.15, 0.2) is 33.6 Å². The highest BCUT2D eigenvalue weighted by molar-refractivity contribution is 9.10. The topological polar surface area (TPSA) is 38.3 Å². The van der Waals surface area contributed by atoms with Crippen LogP contribution in [-0.4, -0.2) is 31.9 Å². The van der Waals surface area contributed by atoms with Gasteiger partial charge in [-0.05, 0) is 37.7 Å². The van der Waals surface area contributed by atoms with Gasteiger partial charge in [0.05, 0.1) is 7.11 Å². The van der Waals surface area contributed by atoms with Crippen molar-refractivity contribution in [1.82, 2.24) is 5.32 Å². The molecule has 3 nitrogen and oxygen atoms in total. The summed E-state index contributed by atoms with van der Waals surface area (Å²) in [6, 6.07) is 7.92. The Morgan fingerprint density at radius 3 is 2.65 bits per heavy atom. The number of nitrogens with one attached hydrogen (secondary N) is 1. The van der Waals surface area contributed by atoms with Crippen molar-refractivity contribution < 1.29 is 9.53 Å². The first-order valence-corrected chi connectivity index (χ1v) is 7.08. The molecule has 0 bridgehead atoms. The third-order valence-corrected chi connectivity index (χ3v) is 3.90. The second-order valence-electron chi connectivity index (χ2n) is 3.46. The first kappa shape index (κ1) is 14.5. The Kier molecular flexibility index (Phi) is 6.62. The molecular weight excluding hydrogens is 302 g/mol. The van der Waals surface area contributed by atoms with Crippen LogP contribution < -0.4 is 5.32 Å². The third-order valence-electron chi connectivity index (χ3n) is 2.32. The summed E-state index contributed by atoms with van der Waals surface area (Å²) in [5.74, 6) is 0.673. The van der Waals surface area contributed by atoms with Crippen LogP contribution in [0.5, 0.6) is 0 Å². The number of thioether (sulfide) groups is 1. The van der Waals surface area contributed by atoms with Gasteiger partial charge in [0.15, 0.2) is 0 Å². The summed E-state index contributed by atoms with van der Waals surface area (Å²) in [5, 5.41) is 2.95. The van der Waals surface area contributed by atoms with Gasteiger partial charge in [0, 0.05) is 15.1 Å². The number of benzene rings is 1. The van der Waals surface area contributed by atoms with Crippen molar-refractivity contribution in [1.29, 1.82) is 0 Å². The molecule has 1 aromatic rings. The lowest BCUT2D eigenvalue weighted by atomic mass is 10.2. The van der Waals surface area contributed by atoms with E-state index in [9.17, 15) is 4.79 Å². The second kappa shape index (κ2) is 7.74. The van der Waals surface area contributed by atoms with Crippen LogP contribution in [-0.2, 0) is 9.53 Å². The summed E-state index contributed by atoms with van der Waals surface area (Å²) in [4.78, 5) is 12.5. The second-order valence-corrected chi connectivity index (χ2v) is 5.54. The van der Waals surface area contributed by atoms with Crippen LogP contribution in [0.3, 0.4) is 0 Å². The van der Waals surface area contributed by atoms with Gasteiger partial charge in [-0.2, -0.15) is 0 Å². The SMILES string of the molecule is CNC(CCSc1ccc(Br)cc1)C(=O)OC. The number of rotatable bonds is 6. The molecule has 0 fully saturated rings. The molecule has 0 amide bonds. The largest absolute Gasteiger partial charge is 0.468 e. The average molecular weight is 318 g/mol. The lowest BCUT2D eigenvalue weighted by molar-refractivity contribution is -0.143. The van der Waals surface area contributed by atoms with Gasteiger partial charge in [-0.1, -0.05) is 15.9 Å². The van der Waals surface area contributed by atoms with Crippen LogP contribution in [0.25, 0.3) is 0 Å². The molecule has 0 saturated heterocycles. The zero-order valence-corrected chi connectivity index (χ0v) is 12.3. The van der Waals surface area contributed by atoms with Crippen molar-refractivity contribution >= 4 is 33.7 Å². The fraction of sp³-hybridized carbons (Fsp3) is 0.417. The Morgan fingerprint density at radius 1 is 1.47 bits per heavy atom. The van der Waals surface area contributed by atoms with E-state index in [0.717, 1.165) is 16.6 Å². The minimum absolute atomic E-state index is 0.205. The van der Waals surface area contributed by atoms with Crippen LogP contribution in [0.4, 0.5) is 0 Å². The molecule has 0 saturated carbocycles. The van der Waals surface area contributed by atoms with Crippen molar-refractivity contribution in [2.24, 2.45) is 0 Å². The fourth-order valence-electron chi connectivity index (χ4n) is 1.35. The zero-order chi connectivity index (χ0) is 12.7. The number of hydrogen-bond acceptors (Lipinski definition) is 4. The standard InChI is InChI=1S/C12H16BrNO2S/c1-14-11(12(15)16-2)7-8-17-10-5-3-9(13)4-6-10/h3-6,11,14H,7-8H2,1-2H3. The summed E-state index contributed by atoms with van der Waals surface area (Å²) in [6.07, 6.45) is 0.754. The van der Waals surface area contributed by atoms with Crippen molar-refractivity contribution in [3.8, 4) is 0 Å². The van der Waals surface area contributed by atoms with Gasteiger partial charge in [-0.3, -0.25) is 4.79 Å². The van der Waals surface area contributed by atoms with Crippen molar-refractivity contribution in [3.63, 3.8) is 0 Å². The molecule has 1 atom stereocenters. The Morgan fingerprint density at radius 2 is 2.12 bits per heavy atom. The van der Waals surface area contributed by atoms with E-state index in [2.05, 4.69) is 33.4 Å². The van der Waals surface area contributed by atoms with E-state index in [1.807, 2.05) is 12.1 Å². The Bertz CT molecular complexity index is 356. The van der Waals surface area contributed by atoms with E-state index in [-0.39, 0.29) is 12.0 Å². The van der Waals surface area contributed by atoms with Gasteiger partial charge < -0.3 is 10.1 Å². The quantitative estimate of drug-likeness (QED) is 0.646. The number of methoxy groups -OCH3 is 1. The molecule has 0 aliphatic rings. The van der Waals surface area contributed by atoms with Gasteiger partial charge >= 0.3 is 5.97 Å². The summed E-state index contributed by atoms with van der Waals surface area (Å²) in [5.41, 5.74) is 0. The van der Waals surface area contributed by atoms with E-state index in [0.29, 0.717) is 0 Å². The lowest BCUT2D eigenvalue weighted by Gasteiger charge is -2.12. The highest BCUT2D eigenvalue weighted by atomic mass is 79.9. The highest BCUT2D eigenvalue weighted by Gasteiger charge is 2.15. The van der Waals surface area contributed by atoms with Gasteiger partial charge in [-0.25, -0.2) is 0 Å². The number of hydrogen-bond donors (Lipinski definition) is 1. The number of likely N-dealkylation sites (N-methyl/N-ethyl adjacent to an activating group) is 1. The van der Waals surface area contributed by atoms with Crippen molar-refractivity contribution in [2.45, 2.75) is 17.4 Å². The summed E-state index contributed by atoms with van der Waals surface area (Å²) in [6.45, 7) is 0. The maximum absolute atomic E-state index is 11.3. The molecule has 0 spiro atoms. The summed E-state index contributed by atoms with van der Waals surface area (Å²) < 4.78 is 5.78. The van der Waals surface area contributed by atoms with Crippen LogP contribution in [0.2, 0.25) is 0 Å². The lowest BCUT2D eigenvalue weighted by Crippen LogP contribution is -2.35. The van der Waals surface area contributed by atoms with Crippen LogP contribution in [0.1, 0.15) is 6.42 Å². The first-order valence-electron chi connectivity index (χ1n) is 5.31. The third kappa shape index (κ3) is 5.10. The average Bonchev–Trinajstić information content (AvgIpc) is 2.36. The molecule has 0 aliphatic heterocycles. The normalized spacial score (nSPS) is 12.2. The predicted octanol–water partition coefficient (Wildman–Crippen LogP) is 2.69. The maximum atomic E-state index is 11.3. The van der Waals surface area contributed by atoms with E-state index < -0.39 is 0 Å². The van der Waals surface area contributed by atoms with Gasteiger partial charge in [0.1, 0.15) is 6.04 Å². The molecule has 1 aromatic carbocycles. The highest BCUT2D eigenvalue weighted by Crippen LogP contribution is 2.21. The fourth-order valence-corrected chi connectivity index (χ4v) is 2.53. The molecule has 0 aliphatic carbocycles. The molecule has 94 valence electrons. The minimum Gasteiger partial charge on any atom is -0.468 e. The first-order chi connectivity index (χ1) is 8.17. The molecule has 0 aromatic heterocycles. The molecule has 1 unspecified atom stereocenters. The molecule has 0 radical (unpaired) electrons. The molecular formula is C12H16BrNO2S. The van der Waals surface area contributed by atoms with Crippen LogP contribution >= 0.6 is 27.7 Å². The van der Waals surface area contributed by atoms with Crippen molar-refractivity contribution in [2.75, 3.05) is 19.9 Å². The molecule has 5 heteroatoms. The van der Waals surface area contributed by atoms with Gasteiger partial charge in [-0.15, -0.1) is 11.8 Å². The summed E-state index contributed by atoms with van der Waals surface area (Å²) >= 11 is 5.13. The smallest absolute Gasteiger partial charge is 0.322 e. The van der Waals surface area contributed by atoms with Crippen LogP contribution in [0, 0.1) is 0 Å². The van der Waals surface area contributed by atoms with Crippen molar-refractivity contribution in [3.05, 3.63) is 28.7 Å². The number of ether oxygens (including phenoxy) is 1. The number of esters is 1. The predicted molar refractivity (Wildman–Crippen MR) is 74.3 cm³/mol.